The first-order valence-electron chi connectivity index (χ1n) is 7.65. The molecular weight excluding hydrogens is 327 g/mol. The quantitative estimate of drug-likeness (QED) is 0.895. The lowest BCUT2D eigenvalue weighted by molar-refractivity contribution is -0.274. The summed E-state index contributed by atoms with van der Waals surface area (Å²) in [7, 11) is 0. The molecule has 1 aromatic rings. The molecule has 3 rings (SSSR count). The first kappa shape index (κ1) is 16.9. The van der Waals surface area contributed by atoms with E-state index in [1.165, 1.54) is 17.0 Å². The minimum absolute atomic E-state index is 0.134. The number of aliphatic hydroxyl groups is 1. The Morgan fingerprint density at radius 1 is 1.38 bits per heavy atom. The highest BCUT2D eigenvalue weighted by atomic mass is 19.4. The second kappa shape index (κ2) is 5.54. The number of hydrogen-bond donors (Lipinski definition) is 1. The van der Waals surface area contributed by atoms with Crippen LogP contribution in [-0.2, 0) is 4.79 Å². The number of likely N-dealkylation sites (tertiary alicyclic amines) is 1. The molecule has 0 aromatic heterocycles. The van der Waals surface area contributed by atoms with Crippen LogP contribution in [0.15, 0.2) is 18.2 Å². The van der Waals surface area contributed by atoms with Gasteiger partial charge in [-0.05, 0) is 38.5 Å². The van der Waals surface area contributed by atoms with Crippen molar-refractivity contribution in [2.24, 2.45) is 0 Å². The molecule has 8 heteroatoms. The molecular formula is C16H18F3NO4. The van der Waals surface area contributed by atoms with Crippen molar-refractivity contribution in [2.75, 3.05) is 6.54 Å². The van der Waals surface area contributed by atoms with Gasteiger partial charge >= 0.3 is 6.36 Å². The summed E-state index contributed by atoms with van der Waals surface area (Å²) in [6.07, 6.45) is -4.88. The van der Waals surface area contributed by atoms with Gasteiger partial charge in [-0.1, -0.05) is 0 Å². The van der Waals surface area contributed by atoms with Crippen molar-refractivity contribution in [2.45, 2.75) is 50.8 Å². The number of ether oxygens (including phenoxy) is 2. The van der Waals surface area contributed by atoms with E-state index in [-0.39, 0.29) is 5.91 Å². The molecule has 2 aliphatic rings. The van der Waals surface area contributed by atoms with Crippen LogP contribution in [0, 0.1) is 0 Å². The van der Waals surface area contributed by atoms with E-state index in [9.17, 15) is 23.1 Å². The highest BCUT2D eigenvalue weighted by molar-refractivity contribution is 5.79. The van der Waals surface area contributed by atoms with Gasteiger partial charge < -0.3 is 19.5 Å². The molecule has 0 bridgehead atoms. The van der Waals surface area contributed by atoms with E-state index in [2.05, 4.69) is 4.74 Å². The molecule has 0 radical (unpaired) electrons. The Morgan fingerprint density at radius 2 is 2.08 bits per heavy atom. The van der Waals surface area contributed by atoms with Gasteiger partial charge in [0.05, 0.1) is 6.04 Å². The summed E-state index contributed by atoms with van der Waals surface area (Å²) >= 11 is 0. The van der Waals surface area contributed by atoms with E-state index in [1.54, 1.807) is 13.8 Å². The number of nitrogens with zero attached hydrogens (tertiary/aromatic N) is 1. The molecule has 24 heavy (non-hydrogen) atoms. The van der Waals surface area contributed by atoms with Gasteiger partial charge in [-0.25, -0.2) is 0 Å². The van der Waals surface area contributed by atoms with E-state index >= 15 is 0 Å². The predicted molar refractivity (Wildman–Crippen MR) is 77.5 cm³/mol. The van der Waals surface area contributed by atoms with Crippen LogP contribution in [-0.4, -0.2) is 40.5 Å². The van der Waals surface area contributed by atoms with Crippen molar-refractivity contribution in [3.05, 3.63) is 23.8 Å². The van der Waals surface area contributed by atoms with E-state index in [4.69, 9.17) is 4.74 Å². The highest BCUT2D eigenvalue weighted by Gasteiger charge is 2.47. The SMILES string of the molecule is CC1(C)Oc2ccc(OC(F)(F)F)cc2C(N2CCCC2=O)C1O. The maximum absolute atomic E-state index is 12.5. The number of alkyl halides is 3. The Labute approximate surface area is 137 Å². The summed E-state index contributed by atoms with van der Waals surface area (Å²) in [4.78, 5) is 13.6. The Hall–Kier alpha value is -1.96. The molecule has 0 aliphatic carbocycles. The topological polar surface area (TPSA) is 59.0 Å². The standard InChI is InChI=1S/C16H18F3NO4/c1-15(2)14(22)13(20-7-3-4-12(20)21)10-8-9(23-16(17,18)19)5-6-11(10)24-15/h5-6,8,13-14,22H,3-4,7H2,1-2H3. The molecule has 1 fully saturated rings. The van der Waals surface area contributed by atoms with E-state index in [1.807, 2.05) is 0 Å². The van der Waals surface area contributed by atoms with Crippen molar-refractivity contribution in [1.29, 1.82) is 0 Å². The summed E-state index contributed by atoms with van der Waals surface area (Å²) in [5.41, 5.74) is -0.661. The second-order valence-corrected chi connectivity index (χ2v) is 6.53. The fourth-order valence-electron chi connectivity index (χ4n) is 3.24. The fraction of sp³-hybridized carbons (Fsp3) is 0.562. The third-order valence-corrected chi connectivity index (χ3v) is 4.36. The number of amides is 1. The van der Waals surface area contributed by atoms with Crippen LogP contribution in [0.3, 0.4) is 0 Å². The van der Waals surface area contributed by atoms with Crippen molar-refractivity contribution in [3.8, 4) is 11.5 Å². The lowest BCUT2D eigenvalue weighted by Crippen LogP contribution is -2.53. The molecule has 1 aromatic carbocycles. The van der Waals surface area contributed by atoms with Gasteiger partial charge in [-0.15, -0.1) is 13.2 Å². The van der Waals surface area contributed by atoms with Crippen LogP contribution in [0.2, 0.25) is 0 Å². The van der Waals surface area contributed by atoms with Crippen LogP contribution >= 0.6 is 0 Å². The third-order valence-electron chi connectivity index (χ3n) is 4.36. The lowest BCUT2D eigenvalue weighted by atomic mass is 9.85. The van der Waals surface area contributed by atoms with E-state index < -0.39 is 29.9 Å². The van der Waals surface area contributed by atoms with Gasteiger partial charge in [0.25, 0.3) is 0 Å². The van der Waals surface area contributed by atoms with Crippen LogP contribution < -0.4 is 9.47 Å². The maximum atomic E-state index is 12.5. The van der Waals surface area contributed by atoms with Crippen molar-refractivity contribution >= 4 is 5.91 Å². The zero-order chi connectivity index (χ0) is 17.7. The Balaban J connectivity index is 2.05. The van der Waals surface area contributed by atoms with Crippen LogP contribution in [0.25, 0.3) is 0 Å². The van der Waals surface area contributed by atoms with Gasteiger partial charge in [0, 0.05) is 18.5 Å². The first-order valence-corrected chi connectivity index (χ1v) is 7.65. The molecule has 2 aliphatic heterocycles. The number of carbonyl (C=O) groups is 1. The number of carbonyl (C=O) groups excluding carboxylic acids is 1. The minimum Gasteiger partial charge on any atom is -0.485 e. The van der Waals surface area contributed by atoms with Crippen LogP contribution in [0.4, 0.5) is 13.2 Å². The molecule has 5 nitrogen and oxygen atoms in total. The summed E-state index contributed by atoms with van der Waals surface area (Å²) in [5.74, 6) is -0.206. The molecule has 132 valence electrons. The largest absolute Gasteiger partial charge is 0.573 e. The van der Waals surface area contributed by atoms with Gasteiger partial charge in [0.15, 0.2) is 0 Å². The number of rotatable bonds is 2. The molecule has 2 heterocycles. The zero-order valence-corrected chi connectivity index (χ0v) is 13.3. The first-order chi connectivity index (χ1) is 11.1. The highest BCUT2D eigenvalue weighted by Crippen LogP contribution is 2.45. The maximum Gasteiger partial charge on any atom is 0.573 e. The number of aliphatic hydroxyl groups excluding tert-OH is 1. The minimum atomic E-state index is -4.82. The Morgan fingerprint density at radius 3 is 2.67 bits per heavy atom. The monoisotopic (exact) mass is 345 g/mol. The molecule has 2 unspecified atom stereocenters. The molecule has 2 atom stereocenters. The molecule has 0 spiro atoms. The average molecular weight is 345 g/mol. The van der Waals surface area contributed by atoms with Crippen LogP contribution in [0.5, 0.6) is 11.5 Å². The number of fused-ring (bicyclic) bond motifs is 1. The average Bonchev–Trinajstić information content (AvgIpc) is 2.85. The summed E-state index contributed by atoms with van der Waals surface area (Å²) in [6.45, 7) is 3.79. The Kier molecular flexibility index (Phi) is 3.90. The molecule has 0 saturated carbocycles. The normalized spacial score (nSPS) is 26.1. The lowest BCUT2D eigenvalue weighted by Gasteiger charge is -2.45. The summed E-state index contributed by atoms with van der Waals surface area (Å²) < 4.78 is 47.1. The van der Waals surface area contributed by atoms with Gasteiger partial charge in [0.1, 0.15) is 23.2 Å². The van der Waals surface area contributed by atoms with Crippen LogP contribution in [0.1, 0.15) is 38.3 Å². The smallest absolute Gasteiger partial charge is 0.485 e. The van der Waals surface area contributed by atoms with Gasteiger partial charge in [-0.2, -0.15) is 0 Å². The number of hydrogen-bond acceptors (Lipinski definition) is 4. The van der Waals surface area contributed by atoms with Gasteiger partial charge in [0.2, 0.25) is 5.91 Å². The van der Waals surface area contributed by atoms with Gasteiger partial charge in [-0.3, -0.25) is 4.79 Å². The Bertz CT molecular complexity index is 659. The van der Waals surface area contributed by atoms with E-state index in [0.717, 1.165) is 6.07 Å². The summed E-state index contributed by atoms with van der Waals surface area (Å²) in [5, 5.41) is 10.7. The zero-order valence-electron chi connectivity index (χ0n) is 13.3. The number of halogens is 3. The number of benzene rings is 1. The second-order valence-electron chi connectivity index (χ2n) is 6.53. The summed E-state index contributed by atoms with van der Waals surface area (Å²) in [6, 6.07) is 2.94. The fourth-order valence-corrected chi connectivity index (χ4v) is 3.24. The predicted octanol–water partition coefficient (Wildman–Crippen LogP) is 2.78. The van der Waals surface area contributed by atoms with Crippen molar-refractivity contribution in [1.82, 2.24) is 4.90 Å². The van der Waals surface area contributed by atoms with E-state index in [0.29, 0.717) is 30.7 Å². The van der Waals surface area contributed by atoms with Crippen molar-refractivity contribution < 1.29 is 32.5 Å². The molecule has 1 amide bonds. The molecule has 1 saturated heterocycles. The third kappa shape index (κ3) is 3.02. The van der Waals surface area contributed by atoms with Crippen molar-refractivity contribution in [3.63, 3.8) is 0 Å². The molecule has 1 N–H and O–H groups in total.